The molecule has 0 bridgehead atoms. The van der Waals surface area contributed by atoms with Gasteiger partial charge < -0.3 is 9.47 Å². The SMILES string of the molecule is CCCCCCCCCCCCCCCC(=O)OC1CC(C)(C)C2=CC(=O)OC2(C)C1. The summed E-state index contributed by atoms with van der Waals surface area (Å²) in [6.45, 7) is 8.41. The molecule has 0 N–H and O–H groups in total. The molecule has 2 atom stereocenters. The van der Waals surface area contributed by atoms with Crippen LogP contribution in [0.5, 0.6) is 0 Å². The van der Waals surface area contributed by atoms with Crippen LogP contribution < -0.4 is 0 Å². The first-order chi connectivity index (χ1) is 14.8. The molecule has 1 saturated carbocycles. The first-order valence-electron chi connectivity index (χ1n) is 12.9. The van der Waals surface area contributed by atoms with Crippen molar-refractivity contribution >= 4 is 11.9 Å². The highest BCUT2D eigenvalue weighted by Gasteiger charge is 2.52. The van der Waals surface area contributed by atoms with Gasteiger partial charge in [0.15, 0.2) is 0 Å². The summed E-state index contributed by atoms with van der Waals surface area (Å²) in [4.78, 5) is 24.1. The lowest BCUT2D eigenvalue weighted by atomic mass is 9.65. The van der Waals surface area contributed by atoms with Crippen LogP contribution in [0.25, 0.3) is 0 Å². The number of rotatable bonds is 15. The number of hydrogen-bond acceptors (Lipinski definition) is 4. The molecule has 4 heteroatoms. The lowest BCUT2D eigenvalue weighted by molar-refractivity contribution is -0.160. The molecule has 4 nitrogen and oxygen atoms in total. The van der Waals surface area contributed by atoms with Crippen LogP contribution in [0.15, 0.2) is 11.6 Å². The van der Waals surface area contributed by atoms with Gasteiger partial charge in [-0.15, -0.1) is 0 Å². The van der Waals surface area contributed by atoms with Crippen LogP contribution in [-0.2, 0) is 19.1 Å². The van der Waals surface area contributed by atoms with E-state index in [1.165, 1.54) is 70.6 Å². The van der Waals surface area contributed by atoms with E-state index in [-0.39, 0.29) is 23.5 Å². The summed E-state index contributed by atoms with van der Waals surface area (Å²) in [7, 11) is 0. The Morgan fingerprint density at radius 3 is 1.97 bits per heavy atom. The molecule has 0 saturated heterocycles. The Balaban J connectivity index is 1.50. The fraction of sp³-hybridized carbons (Fsp3) is 0.852. The molecule has 1 aliphatic heterocycles. The van der Waals surface area contributed by atoms with E-state index < -0.39 is 5.60 Å². The van der Waals surface area contributed by atoms with Crippen molar-refractivity contribution in [1.29, 1.82) is 0 Å². The smallest absolute Gasteiger partial charge is 0.331 e. The van der Waals surface area contributed by atoms with E-state index in [0.29, 0.717) is 12.8 Å². The average Bonchev–Trinajstić information content (AvgIpc) is 3.00. The number of fused-ring (bicyclic) bond motifs is 1. The van der Waals surface area contributed by atoms with Crippen LogP contribution in [0.2, 0.25) is 0 Å². The third-order valence-electron chi connectivity index (χ3n) is 7.02. The quantitative estimate of drug-likeness (QED) is 0.198. The lowest BCUT2D eigenvalue weighted by Gasteiger charge is -2.44. The van der Waals surface area contributed by atoms with Crippen molar-refractivity contribution in [2.75, 3.05) is 0 Å². The summed E-state index contributed by atoms with van der Waals surface area (Å²) >= 11 is 0. The molecule has 31 heavy (non-hydrogen) atoms. The summed E-state index contributed by atoms with van der Waals surface area (Å²) in [6.07, 6.45) is 20.1. The first kappa shape index (κ1) is 25.9. The molecular weight excluding hydrogens is 388 g/mol. The van der Waals surface area contributed by atoms with Gasteiger partial charge >= 0.3 is 11.9 Å². The minimum atomic E-state index is -0.626. The van der Waals surface area contributed by atoms with Crippen LogP contribution in [-0.4, -0.2) is 23.6 Å². The molecule has 0 aromatic heterocycles. The molecule has 1 aliphatic carbocycles. The van der Waals surface area contributed by atoms with Crippen LogP contribution in [0, 0.1) is 5.41 Å². The van der Waals surface area contributed by atoms with Gasteiger partial charge in [0.2, 0.25) is 0 Å². The molecule has 0 aromatic rings. The van der Waals surface area contributed by atoms with Gasteiger partial charge in [0, 0.05) is 18.9 Å². The maximum atomic E-state index is 12.3. The molecule has 0 radical (unpaired) electrons. The Kier molecular flexibility index (Phi) is 10.6. The van der Waals surface area contributed by atoms with Gasteiger partial charge in [-0.1, -0.05) is 97.8 Å². The van der Waals surface area contributed by atoms with Crippen LogP contribution >= 0.6 is 0 Å². The fourth-order valence-corrected chi connectivity index (χ4v) is 5.44. The molecule has 1 fully saturated rings. The Morgan fingerprint density at radius 1 is 0.903 bits per heavy atom. The van der Waals surface area contributed by atoms with E-state index in [9.17, 15) is 9.59 Å². The van der Waals surface area contributed by atoms with Gasteiger partial charge in [-0.25, -0.2) is 4.79 Å². The topological polar surface area (TPSA) is 52.6 Å². The molecule has 2 aliphatic rings. The molecule has 1 heterocycles. The zero-order valence-corrected chi connectivity index (χ0v) is 20.6. The van der Waals surface area contributed by atoms with E-state index in [2.05, 4.69) is 20.8 Å². The molecule has 0 spiro atoms. The third kappa shape index (κ3) is 8.61. The van der Waals surface area contributed by atoms with Crippen molar-refractivity contribution in [1.82, 2.24) is 0 Å². The Morgan fingerprint density at radius 2 is 1.42 bits per heavy atom. The van der Waals surface area contributed by atoms with E-state index in [1.807, 2.05) is 6.92 Å². The standard InChI is InChI=1S/C27H46O4/c1-5-6-7-8-9-10-11-12-13-14-15-16-17-18-24(28)30-22-20-26(2,3)23-19-25(29)31-27(23,4)21-22/h19,22H,5-18,20-21H2,1-4H3. The van der Waals surface area contributed by atoms with Gasteiger partial charge in [0.05, 0.1) is 0 Å². The predicted molar refractivity (Wildman–Crippen MR) is 126 cm³/mol. The highest BCUT2D eigenvalue weighted by atomic mass is 16.6. The Labute approximate surface area is 190 Å². The number of carbonyl (C=O) groups excluding carboxylic acids is 2. The van der Waals surface area contributed by atoms with E-state index in [1.54, 1.807) is 6.08 Å². The molecular formula is C27H46O4. The maximum Gasteiger partial charge on any atom is 0.331 e. The third-order valence-corrected chi connectivity index (χ3v) is 7.02. The van der Waals surface area contributed by atoms with E-state index >= 15 is 0 Å². The molecule has 0 amide bonds. The zero-order valence-electron chi connectivity index (χ0n) is 20.6. The second kappa shape index (κ2) is 12.6. The first-order valence-corrected chi connectivity index (χ1v) is 12.9. The van der Waals surface area contributed by atoms with Crippen LogP contribution in [0.1, 0.15) is 130 Å². The lowest BCUT2D eigenvalue weighted by Crippen LogP contribution is -2.46. The van der Waals surface area contributed by atoms with Crippen molar-refractivity contribution < 1.29 is 19.1 Å². The van der Waals surface area contributed by atoms with Gasteiger partial charge in [-0.05, 0) is 30.8 Å². The number of hydrogen-bond donors (Lipinski definition) is 0. The second-order valence-corrected chi connectivity index (χ2v) is 10.6. The van der Waals surface area contributed by atoms with E-state index in [4.69, 9.17) is 9.47 Å². The summed E-state index contributed by atoms with van der Waals surface area (Å²) in [5.74, 6) is -0.381. The monoisotopic (exact) mass is 434 g/mol. The predicted octanol–water partition coefficient (Wildman–Crippen LogP) is 7.44. The highest BCUT2D eigenvalue weighted by molar-refractivity contribution is 5.87. The summed E-state index contributed by atoms with van der Waals surface area (Å²) < 4.78 is 11.3. The second-order valence-electron chi connectivity index (χ2n) is 10.6. The largest absolute Gasteiger partial charge is 0.462 e. The molecule has 2 rings (SSSR count). The number of carbonyl (C=O) groups is 2. The summed E-state index contributed by atoms with van der Waals surface area (Å²) in [5.41, 5.74) is 0.215. The van der Waals surface area contributed by atoms with Gasteiger partial charge in [0.1, 0.15) is 11.7 Å². The van der Waals surface area contributed by atoms with Crippen molar-refractivity contribution in [2.45, 2.75) is 142 Å². The number of esters is 2. The van der Waals surface area contributed by atoms with Gasteiger partial charge in [0.25, 0.3) is 0 Å². The highest BCUT2D eigenvalue weighted by Crippen LogP contribution is 2.50. The number of ether oxygens (including phenoxy) is 2. The van der Waals surface area contributed by atoms with Crippen LogP contribution in [0.4, 0.5) is 0 Å². The molecule has 0 aromatic carbocycles. The Hall–Kier alpha value is -1.32. The Bertz CT molecular complexity index is 606. The fourth-order valence-electron chi connectivity index (χ4n) is 5.44. The number of unbranched alkanes of at least 4 members (excludes halogenated alkanes) is 12. The zero-order chi connectivity index (χ0) is 22.7. The molecule has 2 unspecified atom stereocenters. The van der Waals surface area contributed by atoms with Crippen molar-refractivity contribution in [3.8, 4) is 0 Å². The van der Waals surface area contributed by atoms with Crippen molar-refractivity contribution in [3.63, 3.8) is 0 Å². The minimum absolute atomic E-state index is 0.107. The minimum Gasteiger partial charge on any atom is -0.462 e. The average molecular weight is 435 g/mol. The summed E-state index contributed by atoms with van der Waals surface area (Å²) in [5, 5.41) is 0. The molecule has 178 valence electrons. The maximum absolute atomic E-state index is 12.3. The van der Waals surface area contributed by atoms with E-state index in [0.717, 1.165) is 24.8 Å². The van der Waals surface area contributed by atoms with Gasteiger partial charge in [-0.2, -0.15) is 0 Å². The van der Waals surface area contributed by atoms with Crippen molar-refractivity contribution in [3.05, 3.63) is 11.6 Å². The van der Waals surface area contributed by atoms with Crippen molar-refractivity contribution in [2.24, 2.45) is 5.41 Å². The van der Waals surface area contributed by atoms with Crippen LogP contribution in [0.3, 0.4) is 0 Å². The normalized spacial score (nSPS) is 24.5. The summed E-state index contributed by atoms with van der Waals surface area (Å²) in [6, 6.07) is 0. The van der Waals surface area contributed by atoms with Gasteiger partial charge in [-0.3, -0.25) is 4.79 Å².